The molecule has 0 bridgehead atoms. The van der Waals surface area contributed by atoms with Crippen LogP contribution in [0.5, 0.6) is 0 Å². The molecule has 0 radical (unpaired) electrons. The minimum atomic E-state index is -0.416. The molecule has 0 saturated carbocycles. The number of rotatable bonds is 3. The molecule has 0 heterocycles. The van der Waals surface area contributed by atoms with Gasteiger partial charge in [-0.3, -0.25) is 0 Å². The van der Waals surface area contributed by atoms with Crippen molar-refractivity contribution in [2.24, 2.45) is 5.73 Å². The predicted molar refractivity (Wildman–Crippen MR) is 73.2 cm³/mol. The molecular formula is C15H15ClFN. The number of halogens is 2. The fraction of sp³-hybridized carbons (Fsp3) is 0.200. The zero-order valence-electron chi connectivity index (χ0n) is 10.2. The fourth-order valence-electron chi connectivity index (χ4n) is 1.99. The maximum Gasteiger partial charge on any atom is 0.146 e. The van der Waals surface area contributed by atoms with E-state index in [2.05, 4.69) is 0 Å². The Kier molecular flexibility index (Phi) is 4.00. The summed E-state index contributed by atoms with van der Waals surface area (Å²) in [5.41, 5.74) is 8.82. The van der Waals surface area contributed by atoms with E-state index in [-0.39, 0.29) is 11.1 Å². The molecule has 0 fully saturated rings. The molecule has 3 heteroatoms. The zero-order valence-corrected chi connectivity index (χ0v) is 10.9. The third kappa shape index (κ3) is 2.71. The van der Waals surface area contributed by atoms with Crippen LogP contribution in [0.25, 0.3) is 0 Å². The van der Waals surface area contributed by atoms with E-state index in [1.807, 2.05) is 31.2 Å². The number of benzene rings is 2. The predicted octanol–water partition coefficient (Wildman–Crippen LogP) is 4.03. The van der Waals surface area contributed by atoms with Crippen molar-refractivity contribution in [2.45, 2.75) is 19.4 Å². The first-order chi connectivity index (χ1) is 8.59. The van der Waals surface area contributed by atoms with Crippen LogP contribution in [-0.2, 0) is 6.42 Å². The van der Waals surface area contributed by atoms with Crippen LogP contribution in [0.2, 0.25) is 5.02 Å². The van der Waals surface area contributed by atoms with Gasteiger partial charge >= 0.3 is 0 Å². The molecule has 0 aromatic heterocycles. The normalized spacial score (nSPS) is 12.4. The van der Waals surface area contributed by atoms with E-state index in [4.69, 9.17) is 17.3 Å². The van der Waals surface area contributed by atoms with Gasteiger partial charge in [0.15, 0.2) is 0 Å². The van der Waals surface area contributed by atoms with Crippen molar-refractivity contribution in [3.8, 4) is 0 Å². The molecule has 2 rings (SSSR count). The molecule has 0 aliphatic heterocycles. The van der Waals surface area contributed by atoms with Crippen LogP contribution in [0.4, 0.5) is 4.39 Å². The van der Waals surface area contributed by atoms with Crippen LogP contribution >= 0.6 is 11.6 Å². The number of hydrogen-bond acceptors (Lipinski definition) is 1. The van der Waals surface area contributed by atoms with Crippen LogP contribution in [0.3, 0.4) is 0 Å². The van der Waals surface area contributed by atoms with E-state index in [0.717, 1.165) is 11.1 Å². The summed E-state index contributed by atoms with van der Waals surface area (Å²) in [6.45, 7) is 2.02. The molecule has 0 saturated heterocycles. The quantitative estimate of drug-likeness (QED) is 0.889. The largest absolute Gasteiger partial charge is 0.324 e. The average molecular weight is 264 g/mol. The van der Waals surface area contributed by atoms with E-state index in [1.165, 1.54) is 6.07 Å². The van der Waals surface area contributed by atoms with Crippen molar-refractivity contribution >= 4 is 11.6 Å². The van der Waals surface area contributed by atoms with Crippen LogP contribution in [-0.4, -0.2) is 0 Å². The summed E-state index contributed by atoms with van der Waals surface area (Å²) < 4.78 is 13.8. The van der Waals surface area contributed by atoms with Crippen molar-refractivity contribution in [1.82, 2.24) is 0 Å². The molecule has 1 nitrogen and oxygen atoms in total. The Morgan fingerprint density at radius 1 is 1.17 bits per heavy atom. The van der Waals surface area contributed by atoms with Crippen molar-refractivity contribution < 1.29 is 4.39 Å². The Bertz CT molecular complexity index is 554. The second kappa shape index (κ2) is 5.51. The molecule has 0 amide bonds. The Balaban J connectivity index is 2.25. The van der Waals surface area contributed by atoms with Gasteiger partial charge in [-0.1, -0.05) is 48.0 Å². The average Bonchev–Trinajstić information content (AvgIpc) is 2.35. The topological polar surface area (TPSA) is 26.0 Å². The van der Waals surface area contributed by atoms with Gasteiger partial charge in [-0.2, -0.15) is 0 Å². The molecule has 0 aliphatic carbocycles. The van der Waals surface area contributed by atoms with E-state index in [1.54, 1.807) is 12.1 Å². The summed E-state index contributed by atoms with van der Waals surface area (Å²) in [7, 11) is 0. The Morgan fingerprint density at radius 2 is 1.89 bits per heavy atom. The van der Waals surface area contributed by atoms with Crippen LogP contribution < -0.4 is 5.73 Å². The van der Waals surface area contributed by atoms with Gasteiger partial charge in [0.1, 0.15) is 5.82 Å². The lowest BCUT2D eigenvalue weighted by Crippen LogP contribution is -2.15. The molecular weight excluding hydrogens is 249 g/mol. The van der Waals surface area contributed by atoms with Crippen molar-refractivity contribution in [1.29, 1.82) is 0 Å². The lowest BCUT2D eigenvalue weighted by Gasteiger charge is -2.15. The van der Waals surface area contributed by atoms with E-state index in [0.29, 0.717) is 12.0 Å². The van der Waals surface area contributed by atoms with Gasteiger partial charge in [0.25, 0.3) is 0 Å². The monoisotopic (exact) mass is 263 g/mol. The molecule has 18 heavy (non-hydrogen) atoms. The SMILES string of the molecule is Cc1ccccc1CC(N)c1cccc(Cl)c1F. The van der Waals surface area contributed by atoms with Crippen LogP contribution in [0.15, 0.2) is 42.5 Å². The van der Waals surface area contributed by atoms with Crippen molar-refractivity contribution in [2.75, 3.05) is 0 Å². The lowest BCUT2D eigenvalue weighted by atomic mass is 9.96. The molecule has 2 aromatic rings. The van der Waals surface area contributed by atoms with E-state index >= 15 is 0 Å². The van der Waals surface area contributed by atoms with Gasteiger partial charge in [0, 0.05) is 11.6 Å². The zero-order chi connectivity index (χ0) is 13.1. The minimum absolute atomic E-state index is 0.118. The van der Waals surface area contributed by atoms with Crippen LogP contribution in [0, 0.1) is 12.7 Å². The van der Waals surface area contributed by atoms with E-state index < -0.39 is 5.82 Å². The first kappa shape index (κ1) is 13.1. The highest BCUT2D eigenvalue weighted by atomic mass is 35.5. The molecule has 94 valence electrons. The molecule has 1 atom stereocenters. The highest BCUT2D eigenvalue weighted by Gasteiger charge is 2.14. The van der Waals surface area contributed by atoms with Crippen LogP contribution in [0.1, 0.15) is 22.7 Å². The van der Waals surface area contributed by atoms with E-state index in [9.17, 15) is 4.39 Å². The second-order valence-electron chi connectivity index (χ2n) is 4.38. The highest BCUT2D eigenvalue weighted by Crippen LogP contribution is 2.25. The Morgan fingerprint density at radius 3 is 2.61 bits per heavy atom. The summed E-state index contributed by atoms with van der Waals surface area (Å²) in [4.78, 5) is 0. The van der Waals surface area contributed by atoms with Gasteiger partial charge in [-0.15, -0.1) is 0 Å². The Labute approximate surface area is 111 Å². The molecule has 0 spiro atoms. The summed E-state index contributed by atoms with van der Waals surface area (Å²) in [6, 6.07) is 12.5. The third-order valence-corrected chi connectivity index (χ3v) is 3.37. The van der Waals surface area contributed by atoms with Gasteiger partial charge in [0.2, 0.25) is 0 Å². The lowest BCUT2D eigenvalue weighted by molar-refractivity contribution is 0.580. The maximum absolute atomic E-state index is 13.8. The van der Waals surface area contributed by atoms with Gasteiger partial charge < -0.3 is 5.73 Å². The standard InChI is InChI=1S/C15H15ClFN/c1-10-5-2-3-6-11(10)9-14(18)12-7-4-8-13(16)15(12)17/h2-8,14H,9,18H2,1H3. The summed E-state index contributed by atoms with van der Waals surface area (Å²) in [5.74, 6) is -0.416. The number of aryl methyl sites for hydroxylation is 1. The molecule has 2 aromatic carbocycles. The first-order valence-corrected chi connectivity index (χ1v) is 6.21. The molecule has 0 aliphatic rings. The number of hydrogen-bond donors (Lipinski definition) is 1. The smallest absolute Gasteiger partial charge is 0.146 e. The highest BCUT2D eigenvalue weighted by molar-refractivity contribution is 6.30. The summed E-state index contributed by atoms with van der Waals surface area (Å²) in [5, 5.41) is 0.118. The first-order valence-electron chi connectivity index (χ1n) is 5.83. The van der Waals surface area contributed by atoms with Gasteiger partial charge in [-0.25, -0.2) is 4.39 Å². The van der Waals surface area contributed by atoms with Crippen molar-refractivity contribution in [3.05, 3.63) is 70.0 Å². The summed E-state index contributed by atoms with van der Waals surface area (Å²) >= 11 is 5.76. The van der Waals surface area contributed by atoms with Gasteiger partial charge in [0.05, 0.1) is 5.02 Å². The number of nitrogens with two attached hydrogens (primary N) is 1. The summed E-state index contributed by atoms with van der Waals surface area (Å²) in [6.07, 6.45) is 0.601. The second-order valence-corrected chi connectivity index (χ2v) is 4.79. The molecule has 1 unspecified atom stereocenters. The van der Waals surface area contributed by atoms with Gasteiger partial charge in [-0.05, 0) is 30.5 Å². The third-order valence-electron chi connectivity index (χ3n) is 3.08. The molecule has 2 N–H and O–H groups in total. The fourth-order valence-corrected chi connectivity index (χ4v) is 2.17. The maximum atomic E-state index is 13.8. The minimum Gasteiger partial charge on any atom is -0.324 e. The Hall–Kier alpha value is -1.38. The van der Waals surface area contributed by atoms with Crippen molar-refractivity contribution in [3.63, 3.8) is 0 Å².